The molecule has 4 nitrogen and oxygen atoms in total. The number of nitrogens with one attached hydrogen (secondary N) is 1. The molecule has 1 aliphatic rings. The van der Waals surface area contributed by atoms with E-state index in [4.69, 9.17) is 0 Å². The highest BCUT2D eigenvalue weighted by Crippen LogP contribution is 2.18. The van der Waals surface area contributed by atoms with Gasteiger partial charge < -0.3 is 9.88 Å². The normalized spacial score (nSPS) is 16.7. The van der Waals surface area contributed by atoms with Gasteiger partial charge in [-0.3, -0.25) is 0 Å². The van der Waals surface area contributed by atoms with Crippen molar-refractivity contribution in [1.82, 2.24) is 20.1 Å². The van der Waals surface area contributed by atoms with Gasteiger partial charge >= 0.3 is 0 Å². The molecule has 0 radical (unpaired) electrons. The van der Waals surface area contributed by atoms with Crippen molar-refractivity contribution in [1.29, 1.82) is 0 Å². The summed E-state index contributed by atoms with van der Waals surface area (Å²) in [6, 6.07) is 0.320. The minimum absolute atomic E-state index is 0.320. The van der Waals surface area contributed by atoms with E-state index >= 15 is 0 Å². The molecule has 0 saturated carbocycles. The number of fused-ring (bicyclic) bond motifs is 1. The van der Waals surface area contributed by atoms with Crippen molar-refractivity contribution in [2.45, 2.75) is 84.2 Å². The molecule has 1 N–H and O–H groups in total. The summed E-state index contributed by atoms with van der Waals surface area (Å²) in [6.07, 6.45) is 11.6. The molecular formula is C16H30N4. The van der Waals surface area contributed by atoms with Gasteiger partial charge in [0.2, 0.25) is 0 Å². The summed E-state index contributed by atoms with van der Waals surface area (Å²) in [4.78, 5) is 0. The highest BCUT2D eigenvalue weighted by Gasteiger charge is 2.18. The SMILES string of the molecule is CCCCCCCNC(C)c1nnc2n1CCCCC2. The van der Waals surface area contributed by atoms with Crippen LogP contribution in [0, 0.1) is 0 Å². The summed E-state index contributed by atoms with van der Waals surface area (Å²) in [5.41, 5.74) is 0. The maximum absolute atomic E-state index is 4.42. The molecule has 0 amide bonds. The lowest BCUT2D eigenvalue weighted by Gasteiger charge is -2.15. The highest BCUT2D eigenvalue weighted by molar-refractivity contribution is 5.01. The largest absolute Gasteiger partial charge is 0.314 e. The van der Waals surface area contributed by atoms with E-state index in [9.17, 15) is 0 Å². The summed E-state index contributed by atoms with van der Waals surface area (Å²) in [7, 11) is 0. The third-order valence-corrected chi connectivity index (χ3v) is 4.26. The van der Waals surface area contributed by atoms with Gasteiger partial charge in [0.05, 0.1) is 6.04 Å². The van der Waals surface area contributed by atoms with Gasteiger partial charge in [-0.15, -0.1) is 10.2 Å². The molecule has 2 heterocycles. The molecule has 114 valence electrons. The number of aryl methyl sites for hydroxylation is 1. The Morgan fingerprint density at radius 2 is 1.95 bits per heavy atom. The number of aromatic nitrogens is 3. The van der Waals surface area contributed by atoms with Crippen LogP contribution in [0.3, 0.4) is 0 Å². The first-order valence-electron chi connectivity index (χ1n) is 8.48. The van der Waals surface area contributed by atoms with Gasteiger partial charge in [0.25, 0.3) is 0 Å². The van der Waals surface area contributed by atoms with Crippen LogP contribution in [0.25, 0.3) is 0 Å². The van der Waals surface area contributed by atoms with Crippen LogP contribution >= 0.6 is 0 Å². The maximum atomic E-state index is 4.42. The number of unbranched alkanes of at least 4 members (excludes halogenated alkanes) is 4. The van der Waals surface area contributed by atoms with Gasteiger partial charge in [0, 0.05) is 13.0 Å². The molecule has 0 fully saturated rings. The zero-order valence-electron chi connectivity index (χ0n) is 13.2. The topological polar surface area (TPSA) is 42.7 Å². The van der Waals surface area contributed by atoms with Crippen LogP contribution in [0.15, 0.2) is 0 Å². The average Bonchev–Trinajstić information content (AvgIpc) is 2.71. The summed E-state index contributed by atoms with van der Waals surface area (Å²) in [5, 5.41) is 12.4. The predicted octanol–water partition coefficient (Wildman–Crippen LogP) is 3.63. The fraction of sp³-hybridized carbons (Fsp3) is 0.875. The molecule has 1 atom stereocenters. The molecule has 0 saturated heterocycles. The monoisotopic (exact) mass is 278 g/mol. The molecule has 1 aromatic heterocycles. The lowest BCUT2D eigenvalue weighted by Crippen LogP contribution is -2.23. The molecule has 4 heteroatoms. The average molecular weight is 278 g/mol. The van der Waals surface area contributed by atoms with Crippen LogP contribution in [0.1, 0.15) is 82.9 Å². The molecule has 1 unspecified atom stereocenters. The molecule has 0 spiro atoms. The van der Waals surface area contributed by atoms with Crippen molar-refractivity contribution in [2.75, 3.05) is 6.54 Å². The first kappa shape index (κ1) is 15.5. The van der Waals surface area contributed by atoms with Crippen LogP contribution in [0.4, 0.5) is 0 Å². The number of rotatable bonds is 8. The summed E-state index contributed by atoms with van der Waals surface area (Å²) in [6.45, 7) is 6.67. The second-order valence-corrected chi connectivity index (χ2v) is 6.03. The molecule has 0 bridgehead atoms. The quantitative estimate of drug-likeness (QED) is 0.738. The maximum Gasteiger partial charge on any atom is 0.149 e. The Hall–Kier alpha value is -0.900. The summed E-state index contributed by atoms with van der Waals surface area (Å²) >= 11 is 0. The zero-order valence-corrected chi connectivity index (χ0v) is 13.2. The van der Waals surface area contributed by atoms with E-state index < -0.39 is 0 Å². The fourth-order valence-corrected chi connectivity index (χ4v) is 2.97. The van der Waals surface area contributed by atoms with Crippen molar-refractivity contribution in [3.05, 3.63) is 11.6 Å². The van der Waals surface area contributed by atoms with E-state index in [2.05, 4.69) is 33.9 Å². The number of hydrogen-bond donors (Lipinski definition) is 1. The van der Waals surface area contributed by atoms with E-state index in [1.54, 1.807) is 0 Å². The van der Waals surface area contributed by atoms with Crippen LogP contribution in [-0.4, -0.2) is 21.3 Å². The minimum Gasteiger partial charge on any atom is -0.314 e. The number of nitrogens with zero attached hydrogens (tertiary/aromatic N) is 3. The van der Waals surface area contributed by atoms with Gasteiger partial charge in [0.15, 0.2) is 0 Å². The van der Waals surface area contributed by atoms with E-state index in [1.807, 2.05) is 0 Å². The van der Waals surface area contributed by atoms with E-state index in [0.29, 0.717) is 6.04 Å². The van der Waals surface area contributed by atoms with Gasteiger partial charge in [-0.25, -0.2) is 0 Å². The van der Waals surface area contributed by atoms with E-state index in [1.165, 1.54) is 57.2 Å². The van der Waals surface area contributed by atoms with Crippen molar-refractivity contribution in [3.8, 4) is 0 Å². The zero-order chi connectivity index (χ0) is 14.2. The Balaban J connectivity index is 1.77. The van der Waals surface area contributed by atoms with Gasteiger partial charge in [0.1, 0.15) is 11.6 Å². The molecule has 20 heavy (non-hydrogen) atoms. The molecule has 2 rings (SSSR count). The predicted molar refractivity (Wildman–Crippen MR) is 82.8 cm³/mol. The second kappa shape index (κ2) is 8.40. The summed E-state index contributed by atoms with van der Waals surface area (Å²) < 4.78 is 2.35. The summed E-state index contributed by atoms with van der Waals surface area (Å²) in [5.74, 6) is 2.32. The fourth-order valence-electron chi connectivity index (χ4n) is 2.97. The van der Waals surface area contributed by atoms with Crippen molar-refractivity contribution < 1.29 is 0 Å². The van der Waals surface area contributed by atoms with Gasteiger partial charge in [-0.1, -0.05) is 39.0 Å². The Kier molecular flexibility index (Phi) is 6.51. The highest BCUT2D eigenvalue weighted by atomic mass is 15.3. The van der Waals surface area contributed by atoms with Crippen molar-refractivity contribution in [3.63, 3.8) is 0 Å². The Morgan fingerprint density at radius 1 is 1.10 bits per heavy atom. The Bertz CT molecular complexity index is 386. The molecule has 0 aromatic carbocycles. The van der Waals surface area contributed by atoms with Crippen LogP contribution < -0.4 is 5.32 Å². The van der Waals surface area contributed by atoms with E-state index in [-0.39, 0.29) is 0 Å². The molecule has 1 aliphatic heterocycles. The van der Waals surface area contributed by atoms with Gasteiger partial charge in [-0.2, -0.15) is 0 Å². The standard InChI is InChI=1S/C16H30N4/c1-3-4-5-6-9-12-17-14(2)16-19-18-15-11-8-7-10-13-20(15)16/h14,17H,3-13H2,1-2H3. The Labute approximate surface area is 123 Å². The minimum atomic E-state index is 0.320. The van der Waals surface area contributed by atoms with Crippen LogP contribution in [-0.2, 0) is 13.0 Å². The first-order valence-corrected chi connectivity index (χ1v) is 8.48. The smallest absolute Gasteiger partial charge is 0.149 e. The Morgan fingerprint density at radius 3 is 2.80 bits per heavy atom. The second-order valence-electron chi connectivity index (χ2n) is 6.03. The van der Waals surface area contributed by atoms with Crippen LogP contribution in [0.2, 0.25) is 0 Å². The van der Waals surface area contributed by atoms with E-state index in [0.717, 1.165) is 25.3 Å². The molecular weight excluding hydrogens is 248 g/mol. The molecule has 1 aromatic rings. The van der Waals surface area contributed by atoms with Crippen molar-refractivity contribution >= 4 is 0 Å². The third kappa shape index (κ3) is 4.30. The van der Waals surface area contributed by atoms with Gasteiger partial charge in [-0.05, 0) is 32.7 Å². The molecule has 0 aliphatic carbocycles. The third-order valence-electron chi connectivity index (χ3n) is 4.26. The first-order chi connectivity index (χ1) is 9.83. The van der Waals surface area contributed by atoms with Crippen LogP contribution in [0.5, 0.6) is 0 Å². The lowest BCUT2D eigenvalue weighted by molar-refractivity contribution is 0.486. The van der Waals surface area contributed by atoms with Crippen molar-refractivity contribution in [2.24, 2.45) is 0 Å². The number of hydrogen-bond acceptors (Lipinski definition) is 3. The lowest BCUT2D eigenvalue weighted by atomic mass is 10.1.